The van der Waals surface area contributed by atoms with Gasteiger partial charge in [0, 0.05) is 39.1 Å². The number of benzene rings is 1. The summed E-state index contributed by atoms with van der Waals surface area (Å²) >= 11 is 7.87. The molecular weight excluding hydrogens is 580 g/mol. The first-order valence-electron chi connectivity index (χ1n) is 12.5. The van der Waals surface area contributed by atoms with Crippen LogP contribution in [0.15, 0.2) is 41.0 Å². The smallest absolute Gasteiger partial charge is 0.303 e. The van der Waals surface area contributed by atoms with Crippen molar-refractivity contribution in [1.82, 2.24) is 10.2 Å². The quantitative estimate of drug-likeness (QED) is 0.257. The molecule has 0 bridgehead atoms. The third kappa shape index (κ3) is 7.69. The number of carbonyl (C=O) groups excluding carboxylic acids is 4. The van der Waals surface area contributed by atoms with Gasteiger partial charge < -0.3 is 28.1 Å². The van der Waals surface area contributed by atoms with E-state index < -0.39 is 54.4 Å². The van der Waals surface area contributed by atoms with Crippen molar-refractivity contribution < 1.29 is 47.3 Å². The van der Waals surface area contributed by atoms with Crippen LogP contribution in [0.5, 0.6) is 0 Å². The molecule has 0 saturated carbocycles. The molecule has 41 heavy (non-hydrogen) atoms. The van der Waals surface area contributed by atoms with Gasteiger partial charge in [-0.2, -0.15) is 0 Å². The van der Waals surface area contributed by atoms with Crippen LogP contribution in [-0.2, 0) is 49.3 Å². The Morgan fingerprint density at radius 2 is 1.59 bits per heavy atom. The topological polar surface area (TPSA) is 153 Å². The number of esters is 4. The zero-order chi connectivity index (χ0) is 29.7. The van der Waals surface area contributed by atoms with E-state index in [-0.39, 0.29) is 6.61 Å². The summed E-state index contributed by atoms with van der Waals surface area (Å²) in [6.07, 6.45) is -3.99. The van der Waals surface area contributed by atoms with E-state index >= 15 is 0 Å². The molecule has 3 aromatic rings. The highest BCUT2D eigenvalue weighted by Gasteiger charge is 2.52. The fraction of sp³-hybridized carbons (Fsp3) is 0.407. The van der Waals surface area contributed by atoms with Gasteiger partial charge in [0.05, 0.1) is 6.26 Å². The Kier molecular flexibility index (Phi) is 9.73. The maximum Gasteiger partial charge on any atom is 0.303 e. The Hall–Kier alpha value is -3.81. The highest BCUT2D eigenvalue weighted by molar-refractivity contribution is 7.14. The van der Waals surface area contributed by atoms with Crippen LogP contribution in [0.25, 0.3) is 10.8 Å². The molecule has 4 rings (SSSR count). The van der Waals surface area contributed by atoms with Gasteiger partial charge in [-0.05, 0) is 29.3 Å². The number of hydrogen-bond donors (Lipinski definition) is 0. The molecule has 1 fully saturated rings. The first kappa shape index (κ1) is 30.2. The fourth-order valence-electron chi connectivity index (χ4n) is 4.39. The zero-order valence-electron chi connectivity index (χ0n) is 22.5. The lowest BCUT2D eigenvalue weighted by Gasteiger charge is -2.44. The Balaban J connectivity index is 1.71. The minimum absolute atomic E-state index is 0.316. The molecule has 218 valence electrons. The molecule has 0 unspecified atom stereocenters. The number of ether oxygens (including phenoxy) is 5. The van der Waals surface area contributed by atoms with E-state index in [0.29, 0.717) is 38.3 Å². The van der Waals surface area contributed by atoms with Gasteiger partial charge >= 0.3 is 23.9 Å². The summed E-state index contributed by atoms with van der Waals surface area (Å²) < 4.78 is 33.4. The van der Waals surface area contributed by atoms with Gasteiger partial charge in [-0.1, -0.05) is 35.1 Å². The second kappa shape index (κ2) is 13.2. The van der Waals surface area contributed by atoms with Crippen molar-refractivity contribution in [2.24, 2.45) is 0 Å². The van der Waals surface area contributed by atoms with Crippen LogP contribution in [0.1, 0.15) is 49.9 Å². The molecule has 0 radical (unpaired) electrons. The third-order valence-corrected chi connectivity index (χ3v) is 7.24. The van der Waals surface area contributed by atoms with E-state index in [1.165, 1.54) is 32.1 Å². The van der Waals surface area contributed by atoms with Gasteiger partial charge in [-0.3, -0.25) is 19.2 Å². The van der Waals surface area contributed by atoms with Crippen molar-refractivity contribution in [1.29, 1.82) is 0 Å². The summed E-state index contributed by atoms with van der Waals surface area (Å²) in [6.45, 7) is 4.41. The van der Waals surface area contributed by atoms with Crippen molar-refractivity contribution in [2.45, 2.75) is 64.6 Å². The standard InChI is InChI=1S/C27H27ClN2O10S/c1-13(31)36-12-21-24(37-14(2)32)26(39-16(4)34)25(38-15(3)33)23(40-21)17-7-8-19(28)18(10-17)11-22-29-30-27(41-22)20-6-5-9-35-20/h5-10,21,23-26H,11-12H2,1-4H3/t21-,23+,24-,25+,26+/m1/s1. The normalized spacial score (nSPS) is 22.0. The molecular formula is C27H27ClN2O10S. The van der Waals surface area contributed by atoms with Gasteiger partial charge in [-0.15, -0.1) is 10.2 Å². The predicted octanol–water partition coefficient (Wildman–Crippen LogP) is 3.84. The number of halogens is 1. The van der Waals surface area contributed by atoms with Gasteiger partial charge in [0.25, 0.3) is 0 Å². The predicted molar refractivity (Wildman–Crippen MR) is 143 cm³/mol. The van der Waals surface area contributed by atoms with E-state index in [9.17, 15) is 19.2 Å². The first-order chi connectivity index (χ1) is 19.5. The van der Waals surface area contributed by atoms with E-state index in [1.54, 1.807) is 36.6 Å². The largest absolute Gasteiger partial charge is 0.463 e. The van der Waals surface area contributed by atoms with Gasteiger partial charge in [0.15, 0.2) is 29.1 Å². The molecule has 2 aromatic heterocycles. The minimum atomic E-state index is -1.28. The average Bonchev–Trinajstić information content (AvgIpc) is 3.58. The Morgan fingerprint density at radius 1 is 0.902 bits per heavy atom. The van der Waals surface area contributed by atoms with Crippen LogP contribution in [0.4, 0.5) is 0 Å². The third-order valence-electron chi connectivity index (χ3n) is 5.93. The van der Waals surface area contributed by atoms with Crippen LogP contribution >= 0.6 is 22.9 Å². The van der Waals surface area contributed by atoms with Crippen molar-refractivity contribution in [3.05, 3.63) is 57.8 Å². The minimum Gasteiger partial charge on any atom is -0.463 e. The van der Waals surface area contributed by atoms with E-state index in [0.717, 1.165) is 6.92 Å². The molecule has 0 N–H and O–H groups in total. The Morgan fingerprint density at radius 3 is 2.22 bits per heavy atom. The second-order valence-corrected chi connectivity index (χ2v) is 10.6. The van der Waals surface area contributed by atoms with Crippen molar-refractivity contribution in [3.63, 3.8) is 0 Å². The molecule has 1 aromatic carbocycles. The lowest BCUT2D eigenvalue weighted by molar-refractivity contribution is -0.254. The number of aromatic nitrogens is 2. The molecule has 12 nitrogen and oxygen atoms in total. The fourth-order valence-corrected chi connectivity index (χ4v) is 5.41. The van der Waals surface area contributed by atoms with Crippen LogP contribution in [0.2, 0.25) is 5.02 Å². The maximum atomic E-state index is 12.2. The summed E-state index contributed by atoms with van der Waals surface area (Å²) in [5, 5.41) is 10.1. The number of rotatable bonds is 9. The van der Waals surface area contributed by atoms with Crippen LogP contribution < -0.4 is 0 Å². The van der Waals surface area contributed by atoms with Crippen LogP contribution in [0.3, 0.4) is 0 Å². The van der Waals surface area contributed by atoms with Gasteiger partial charge in [-0.25, -0.2) is 0 Å². The zero-order valence-corrected chi connectivity index (χ0v) is 24.1. The maximum absolute atomic E-state index is 12.2. The second-order valence-electron chi connectivity index (χ2n) is 9.13. The van der Waals surface area contributed by atoms with Gasteiger partial charge in [0.2, 0.25) is 0 Å². The molecule has 0 aliphatic carbocycles. The van der Waals surface area contributed by atoms with Crippen molar-refractivity contribution in [3.8, 4) is 10.8 Å². The Labute approximate surface area is 243 Å². The number of carbonyl (C=O) groups is 4. The number of hydrogen-bond acceptors (Lipinski definition) is 13. The lowest BCUT2D eigenvalue weighted by Crippen LogP contribution is -2.59. The van der Waals surface area contributed by atoms with Gasteiger partial charge in [0.1, 0.15) is 23.8 Å². The molecule has 14 heteroatoms. The number of furan rings is 1. The highest BCUT2D eigenvalue weighted by atomic mass is 35.5. The summed E-state index contributed by atoms with van der Waals surface area (Å²) in [7, 11) is 0. The summed E-state index contributed by atoms with van der Waals surface area (Å²) in [5.74, 6) is -2.11. The molecule has 1 aliphatic heterocycles. The first-order valence-corrected chi connectivity index (χ1v) is 13.7. The van der Waals surface area contributed by atoms with E-state index in [4.69, 9.17) is 39.7 Å². The van der Waals surface area contributed by atoms with Crippen LogP contribution in [-0.4, -0.2) is 65.1 Å². The lowest BCUT2D eigenvalue weighted by atomic mass is 9.89. The average molecular weight is 607 g/mol. The SMILES string of the molecule is CC(=O)OC[C@H]1O[C@@H](c2ccc(Cl)c(Cc3nnc(-c4ccco4)s3)c2)[C@H](OC(C)=O)[C@@H](OC(C)=O)[C@@H]1OC(C)=O. The molecule has 5 atom stereocenters. The Bertz CT molecular complexity index is 1410. The molecule has 3 heterocycles. The molecule has 0 spiro atoms. The monoisotopic (exact) mass is 606 g/mol. The van der Waals surface area contributed by atoms with Crippen molar-refractivity contribution >= 4 is 46.8 Å². The number of nitrogens with zero attached hydrogens (tertiary/aromatic N) is 2. The van der Waals surface area contributed by atoms with E-state index in [2.05, 4.69) is 10.2 Å². The molecule has 1 saturated heterocycles. The summed E-state index contributed by atoms with van der Waals surface area (Å²) in [4.78, 5) is 47.9. The summed E-state index contributed by atoms with van der Waals surface area (Å²) in [6, 6.07) is 8.60. The molecule has 1 aliphatic rings. The van der Waals surface area contributed by atoms with Crippen molar-refractivity contribution in [2.75, 3.05) is 6.61 Å². The van der Waals surface area contributed by atoms with E-state index in [1.807, 2.05) is 0 Å². The summed E-state index contributed by atoms with van der Waals surface area (Å²) in [5.41, 5.74) is 1.18. The van der Waals surface area contributed by atoms with Crippen LogP contribution in [0, 0.1) is 0 Å². The molecule has 0 amide bonds. The highest BCUT2D eigenvalue weighted by Crippen LogP contribution is 2.39.